The first-order chi connectivity index (χ1) is 22.3. The summed E-state index contributed by atoms with van der Waals surface area (Å²) in [5.41, 5.74) is 12.2. The van der Waals surface area contributed by atoms with Crippen LogP contribution in [0.2, 0.25) is 0 Å². The van der Waals surface area contributed by atoms with Crippen molar-refractivity contribution in [1.29, 1.82) is 0 Å². The van der Waals surface area contributed by atoms with Crippen molar-refractivity contribution >= 4 is 30.0 Å². The predicted molar refractivity (Wildman–Crippen MR) is 196 cm³/mol. The third kappa shape index (κ3) is 9.56. The second-order valence-electron chi connectivity index (χ2n) is 10.4. The first kappa shape index (κ1) is 30.6. The Bertz CT molecular complexity index is 1820. The fourth-order valence-electron chi connectivity index (χ4n) is 4.80. The van der Waals surface area contributed by atoms with Crippen LogP contribution in [0, 0.1) is 0 Å². The van der Waals surface area contributed by atoms with E-state index in [2.05, 4.69) is 169 Å². The monoisotopic (exact) mass is 579 g/mol. The van der Waals surface area contributed by atoms with E-state index in [4.69, 9.17) is 0 Å². The van der Waals surface area contributed by atoms with E-state index in [-0.39, 0.29) is 0 Å². The Balaban J connectivity index is 1.41. The Labute approximate surface area is 268 Å². The molecule has 4 aromatic rings. The highest BCUT2D eigenvalue weighted by Gasteiger charge is 2.14. The van der Waals surface area contributed by atoms with Crippen LogP contribution in [0.3, 0.4) is 0 Å². The molecule has 0 N–H and O–H groups in total. The number of nitrogens with zero attached hydrogens (tertiary/aromatic N) is 1. The minimum absolute atomic E-state index is 0.811. The SMILES string of the molecule is C=C/C=C(\C=C/C/C=C/c1ccccc1)N(C1=CC=C=C(/C=C/c2ccccc2)C=C1)c1ccc(/C=C/c2ccccc2)cc1. The fraction of sp³-hybridized carbons (Fsp3) is 0.0227. The molecular weight excluding hydrogens is 542 g/mol. The summed E-state index contributed by atoms with van der Waals surface area (Å²) in [7, 11) is 0. The summed E-state index contributed by atoms with van der Waals surface area (Å²) in [5.74, 6) is 0. The number of rotatable bonds is 12. The minimum Gasteiger partial charge on any atom is -0.310 e. The highest BCUT2D eigenvalue weighted by molar-refractivity contribution is 5.72. The van der Waals surface area contributed by atoms with Gasteiger partial charge < -0.3 is 4.90 Å². The lowest BCUT2D eigenvalue weighted by atomic mass is 10.1. The normalized spacial score (nSPS) is 13.5. The van der Waals surface area contributed by atoms with Gasteiger partial charge in [0.2, 0.25) is 0 Å². The van der Waals surface area contributed by atoms with Crippen molar-refractivity contribution in [2.24, 2.45) is 0 Å². The molecule has 0 saturated carbocycles. The lowest BCUT2D eigenvalue weighted by Gasteiger charge is -2.27. The van der Waals surface area contributed by atoms with Gasteiger partial charge in [-0.15, -0.1) is 5.73 Å². The largest absolute Gasteiger partial charge is 0.310 e. The standard InChI is InChI=1S/C44H37N/c1-2-16-42(25-14-6-13-19-37-17-7-3-8-18-37)45(44-35-32-41(33-36-44)30-28-39-22-11-5-12-23-39)43-26-15-24-40(31-34-43)29-27-38-20-9-4-10-21-38/h2-5,7-23,25-36H,1,6H2/b19-13+,25-14-,29-27+,30-28+,42-16+. The van der Waals surface area contributed by atoms with E-state index in [1.54, 1.807) is 0 Å². The number of benzene rings is 4. The minimum atomic E-state index is 0.811. The summed E-state index contributed by atoms with van der Waals surface area (Å²) < 4.78 is 0. The molecule has 1 nitrogen and oxygen atoms in total. The van der Waals surface area contributed by atoms with E-state index in [1.807, 2.05) is 48.6 Å². The van der Waals surface area contributed by atoms with Gasteiger partial charge in [0.1, 0.15) is 0 Å². The molecule has 0 heterocycles. The topological polar surface area (TPSA) is 3.24 Å². The zero-order valence-corrected chi connectivity index (χ0v) is 25.4. The maximum Gasteiger partial charge on any atom is 0.0468 e. The van der Waals surface area contributed by atoms with Crippen molar-refractivity contribution in [2.45, 2.75) is 6.42 Å². The van der Waals surface area contributed by atoms with Gasteiger partial charge in [0.05, 0.1) is 0 Å². The van der Waals surface area contributed by atoms with Crippen LogP contribution in [-0.2, 0) is 0 Å². The second-order valence-corrected chi connectivity index (χ2v) is 10.4. The first-order valence-electron chi connectivity index (χ1n) is 15.2. The Kier molecular flexibility index (Phi) is 11.3. The van der Waals surface area contributed by atoms with Gasteiger partial charge in [-0.1, -0.05) is 152 Å². The Hall–Kier alpha value is -5.88. The molecule has 218 valence electrons. The zero-order chi connectivity index (χ0) is 30.9. The highest BCUT2D eigenvalue weighted by atomic mass is 15.1. The Morgan fingerprint density at radius 3 is 1.76 bits per heavy atom. The molecule has 0 aromatic heterocycles. The van der Waals surface area contributed by atoms with Crippen molar-refractivity contribution in [2.75, 3.05) is 4.90 Å². The van der Waals surface area contributed by atoms with Gasteiger partial charge >= 0.3 is 0 Å². The van der Waals surface area contributed by atoms with Gasteiger partial charge in [0.25, 0.3) is 0 Å². The summed E-state index contributed by atoms with van der Waals surface area (Å²) in [6.45, 7) is 4.03. The fourth-order valence-corrected chi connectivity index (χ4v) is 4.80. The number of hydrogen-bond donors (Lipinski definition) is 0. The average molecular weight is 580 g/mol. The number of allylic oxidation sites excluding steroid dienone is 10. The van der Waals surface area contributed by atoms with E-state index < -0.39 is 0 Å². The quantitative estimate of drug-likeness (QED) is 0.0916. The van der Waals surface area contributed by atoms with Gasteiger partial charge in [0.15, 0.2) is 0 Å². The molecule has 0 spiro atoms. The molecule has 0 atom stereocenters. The van der Waals surface area contributed by atoms with Crippen LogP contribution in [0.5, 0.6) is 0 Å². The van der Waals surface area contributed by atoms with Crippen LogP contribution in [0.15, 0.2) is 205 Å². The van der Waals surface area contributed by atoms with Crippen molar-refractivity contribution in [1.82, 2.24) is 0 Å². The van der Waals surface area contributed by atoms with Gasteiger partial charge in [-0.05, 0) is 83.3 Å². The molecule has 1 aliphatic carbocycles. The molecule has 0 aliphatic heterocycles. The molecule has 0 radical (unpaired) electrons. The van der Waals surface area contributed by atoms with Crippen LogP contribution in [-0.4, -0.2) is 0 Å². The molecule has 1 heteroatoms. The molecule has 4 aromatic carbocycles. The molecule has 45 heavy (non-hydrogen) atoms. The number of anilines is 1. The van der Waals surface area contributed by atoms with Crippen molar-refractivity contribution < 1.29 is 0 Å². The van der Waals surface area contributed by atoms with Crippen molar-refractivity contribution in [3.8, 4) is 0 Å². The van der Waals surface area contributed by atoms with E-state index in [0.29, 0.717) is 0 Å². The summed E-state index contributed by atoms with van der Waals surface area (Å²) in [6, 6.07) is 39.7. The predicted octanol–water partition coefficient (Wildman–Crippen LogP) is 11.6. The van der Waals surface area contributed by atoms with Crippen LogP contribution < -0.4 is 4.90 Å². The second kappa shape index (κ2) is 16.7. The molecule has 0 bridgehead atoms. The lowest BCUT2D eigenvalue weighted by molar-refractivity contribution is 1.14. The van der Waals surface area contributed by atoms with E-state index >= 15 is 0 Å². The first-order valence-corrected chi connectivity index (χ1v) is 15.2. The summed E-state index contributed by atoms with van der Waals surface area (Å²) in [6.07, 6.45) is 30.2. The van der Waals surface area contributed by atoms with E-state index in [1.165, 1.54) is 11.1 Å². The molecular formula is C44H37N. The Morgan fingerprint density at radius 1 is 0.600 bits per heavy atom. The highest BCUT2D eigenvalue weighted by Crippen LogP contribution is 2.28. The third-order valence-electron chi connectivity index (χ3n) is 7.09. The molecule has 0 saturated heterocycles. The Morgan fingerprint density at radius 2 is 1.16 bits per heavy atom. The van der Waals surface area contributed by atoms with Gasteiger partial charge in [0, 0.05) is 22.7 Å². The van der Waals surface area contributed by atoms with Crippen LogP contribution >= 0.6 is 0 Å². The summed E-state index contributed by atoms with van der Waals surface area (Å²) in [5, 5.41) is 0. The van der Waals surface area contributed by atoms with E-state index in [0.717, 1.165) is 40.2 Å². The van der Waals surface area contributed by atoms with Crippen LogP contribution in [0.25, 0.3) is 24.3 Å². The maximum absolute atomic E-state index is 4.03. The molecule has 5 rings (SSSR count). The summed E-state index contributed by atoms with van der Waals surface area (Å²) in [4.78, 5) is 2.25. The van der Waals surface area contributed by atoms with Gasteiger partial charge in [-0.2, -0.15) is 0 Å². The molecule has 0 unspecified atom stereocenters. The van der Waals surface area contributed by atoms with Crippen molar-refractivity contribution in [3.05, 3.63) is 228 Å². The maximum atomic E-state index is 4.03. The van der Waals surface area contributed by atoms with E-state index in [9.17, 15) is 0 Å². The smallest absolute Gasteiger partial charge is 0.0468 e. The molecule has 0 amide bonds. The summed E-state index contributed by atoms with van der Waals surface area (Å²) >= 11 is 0. The van der Waals surface area contributed by atoms with Gasteiger partial charge in [-0.25, -0.2) is 0 Å². The third-order valence-corrected chi connectivity index (χ3v) is 7.09. The average Bonchev–Trinajstić information content (AvgIpc) is 3.34. The van der Waals surface area contributed by atoms with Crippen molar-refractivity contribution in [3.63, 3.8) is 0 Å². The molecule has 1 aliphatic rings. The van der Waals surface area contributed by atoms with Gasteiger partial charge in [-0.3, -0.25) is 0 Å². The lowest BCUT2D eigenvalue weighted by Crippen LogP contribution is -2.20. The van der Waals surface area contributed by atoms with Crippen LogP contribution in [0.1, 0.15) is 28.7 Å². The zero-order valence-electron chi connectivity index (χ0n) is 25.4. The van der Waals surface area contributed by atoms with Crippen LogP contribution in [0.4, 0.5) is 5.69 Å². The number of hydrogen-bond acceptors (Lipinski definition) is 1. The molecule has 0 fully saturated rings.